The van der Waals surface area contributed by atoms with Crippen LogP contribution >= 0.6 is 0 Å². The molecule has 1 unspecified atom stereocenters. The molecule has 0 radical (unpaired) electrons. The van der Waals surface area contributed by atoms with Gasteiger partial charge in [-0.2, -0.15) is 0 Å². The van der Waals surface area contributed by atoms with Gasteiger partial charge in [0.2, 0.25) is 0 Å². The lowest BCUT2D eigenvalue weighted by Gasteiger charge is -2.15. The average Bonchev–Trinajstić information content (AvgIpc) is 2.33. The highest BCUT2D eigenvalue weighted by Crippen LogP contribution is 2.12. The molecular formula is C16H19N. The maximum absolute atomic E-state index is 3.52. The van der Waals surface area contributed by atoms with Crippen molar-refractivity contribution in [3.8, 4) is 0 Å². The summed E-state index contributed by atoms with van der Waals surface area (Å²) in [7, 11) is 0. The normalized spacial score (nSPS) is 12.1. The van der Waals surface area contributed by atoms with Crippen molar-refractivity contribution < 1.29 is 0 Å². The predicted molar refractivity (Wildman–Crippen MR) is 74.4 cm³/mol. The van der Waals surface area contributed by atoms with Gasteiger partial charge in [-0.05, 0) is 38.0 Å². The molecule has 0 aliphatic heterocycles. The van der Waals surface area contributed by atoms with Crippen molar-refractivity contribution in [3.63, 3.8) is 0 Å². The van der Waals surface area contributed by atoms with E-state index < -0.39 is 0 Å². The fraction of sp³-hybridized carbons (Fsp3) is 0.250. The number of rotatable bonds is 4. The van der Waals surface area contributed by atoms with E-state index in [4.69, 9.17) is 0 Å². The topological polar surface area (TPSA) is 12.0 Å². The van der Waals surface area contributed by atoms with Crippen molar-refractivity contribution in [2.75, 3.05) is 5.32 Å². The van der Waals surface area contributed by atoms with Crippen molar-refractivity contribution in [2.45, 2.75) is 26.3 Å². The van der Waals surface area contributed by atoms with E-state index in [0.29, 0.717) is 6.04 Å². The Morgan fingerprint density at radius 2 is 1.59 bits per heavy atom. The Balaban J connectivity index is 1.93. The van der Waals surface area contributed by atoms with Crippen LogP contribution in [-0.4, -0.2) is 6.04 Å². The van der Waals surface area contributed by atoms with Gasteiger partial charge in [-0.3, -0.25) is 0 Å². The van der Waals surface area contributed by atoms with E-state index in [1.165, 1.54) is 16.8 Å². The summed E-state index contributed by atoms with van der Waals surface area (Å²) in [5.74, 6) is 0. The van der Waals surface area contributed by atoms with Gasteiger partial charge in [0.05, 0.1) is 0 Å². The predicted octanol–water partition coefficient (Wildman–Crippen LogP) is 4.04. The Kier molecular flexibility index (Phi) is 3.81. The molecule has 0 saturated carbocycles. The van der Waals surface area contributed by atoms with Gasteiger partial charge in [0.15, 0.2) is 0 Å². The Hall–Kier alpha value is -1.76. The summed E-state index contributed by atoms with van der Waals surface area (Å²) in [4.78, 5) is 0. The third-order valence-electron chi connectivity index (χ3n) is 2.85. The van der Waals surface area contributed by atoms with Crippen LogP contribution in [0.1, 0.15) is 18.1 Å². The Bertz CT molecular complexity index is 445. The molecule has 1 atom stereocenters. The quantitative estimate of drug-likeness (QED) is 0.828. The second-order valence-electron chi connectivity index (χ2n) is 4.60. The minimum atomic E-state index is 0.445. The van der Waals surface area contributed by atoms with Crippen LogP contribution in [0.15, 0.2) is 54.6 Å². The second kappa shape index (κ2) is 5.53. The molecule has 88 valence electrons. The third-order valence-corrected chi connectivity index (χ3v) is 2.85. The van der Waals surface area contributed by atoms with Crippen LogP contribution in [0.5, 0.6) is 0 Å². The lowest BCUT2D eigenvalue weighted by molar-refractivity contribution is 0.790. The molecule has 1 N–H and O–H groups in total. The van der Waals surface area contributed by atoms with Crippen LogP contribution in [0.25, 0.3) is 0 Å². The molecule has 1 nitrogen and oxygen atoms in total. The smallest absolute Gasteiger partial charge is 0.0342 e. The molecular weight excluding hydrogens is 206 g/mol. The molecule has 2 aromatic rings. The monoisotopic (exact) mass is 225 g/mol. The summed E-state index contributed by atoms with van der Waals surface area (Å²) in [6, 6.07) is 19.6. The van der Waals surface area contributed by atoms with Gasteiger partial charge in [-0.1, -0.05) is 48.0 Å². The molecule has 17 heavy (non-hydrogen) atoms. The highest BCUT2D eigenvalue weighted by Gasteiger charge is 2.02. The van der Waals surface area contributed by atoms with Gasteiger partial charge < -0.3 is 5.32 Å². The molecule has 0 fully saturated rings. The Labute approximate surface area is 103 Å². The van der Waals surface area contributed by atoms with E-state index in [1.807, 2.05) is 0 Å². The summed E-state index contributed by atoms with van der Waals surface area (Å²) < 4.78 is 0. The average molecular weight is 225 g/mol. The number of benzene rings is 2. The molecule has 0 heterocycles. The Morgan fingerprint density at radius 3 is 2.24 bits per heavy atom. The zero-order valence-electron chi connectivity index (χ0n) is 10.5. The SMILES string of the molecule is Cc1ccc(NC(C)Cc2ccccc2)cc1. The van der Waals surface area contributed by atoms with E-state index in [0.717, 1.165) is 6.42 Å². The molecule has 0 amide bonds. The van der Waals surface area contributed by atoms with Crippen molar-refractivity contribution in [3.05, 3.63) is 65.7 Å². The third kappa shape index (κ3) is 3.63. The standard InChI is InChI=1S/C16H19N/c1-13-8-10-16(11-9-13)17-14(2)12-15-6-4-3-5-7-15/h3-11,14,17H,12H2,1-2H3. The summed E-state index contributed by atoms with van der Waals surface area (Å²) in [5.41, 5.74) is 3.87. The Morgan fingerprint density at radius 1 is 0.941 bits per heavy atom. The van der Waals surface area contributed by atoms with E-state index in [2.05, 4.69) is 73.8 Å². The number of hydrogen-bond donors (Lipinski definition) is 1. The molecule has 2 aromatic carbocycles. The first-order valence-corrected chi connectivity index (χ1v) is 6.11. The molecule has 2 rings (SSSR count). The van der Waals surface area contributed by atoms with Gasteiger partial charge in [0.25, 0.3) is 0 Å². The minimum absolute atomic E-state index is 0.445. The van der Waals surface area contributed by atoms with Crippen molar-refractivity contribution >= 4 is 5.69 Å². The van der Waals surface area contributed by atoms with Crippen molar-refractivity contribution in [1.29, 1.82) is 0 Å². The van der Waals surface area contributed by atoms with Crippen molar-refractivity contribution in [1.82, 2.24) is 0 Å². The summed E-state index contributed by atoms with van der Waals surface area (Å²) in [5, 5.41) is 3.52. The van der Waals surface area contributed by atoms with Gasteiger partial charge in [0.1, 0.15) is 0 Å². The van der Waals surface area contributed by atoms with Crippen LogP contribution in [0.4, 0.5) is 5.69 Å². The molecule has 0 bridgehead atoms. The largest absolute Gasteiger partial charge is 0.382 e. The second-order valence-corrected chi connectivity index (χ2v) is 4.60. The van der Waals surface area contributed by atoms with E-state index in [1.54, 1.807) is 0 Å². The summed E-state index contributed by atoms with van der Waals surface area (Å²) in [6.45, 7) is 4.32. The van der Waals surface area contributed by atoms with Gasteiger partial charge in [-0.25, -0.2) is 0 Å². The van der Waals surface area contributed by atoms with Crippen LogP contribution < -0.4 is 5.32 Å². The van der Waals surface area contributed by atoms with E-state index in [9.17, 15) is 0 Å². The van der Waals surface area contributed by atoms with Crippen molar-refractivity contribution in [2.24, 2.45) is 0 Å². The minimum Gasteiger partial charge on any atom is -0.382 e. The fourth-order valence-corrected chi connectivity index (χ4v) is 1.95. The molecule has 0 aromatic heterocycles. The highest BCUT2D eigenvalue weighted by molar-refractivity contribution is 5.45. The van der Waals surface area contributed by atoms with Crippen LogP contribution in [0, 0.1) is 6.92 Å². The number of aryl methyl sites for hydroxylation is 1. The first-order chi connectivity index (χ1) is 8.24. The van der Waals surface area contributed by atoms with E-state index in [-0.39, 0.29) is 0 Å². The first-order valence-electron chi connectivity index (χ1n) is 6.11. The first kappa shape index (κ1) is 11.7. The number of nitrogens with one attached hydrogen (secondary N) is 1. The fourth-order valence-electron chi connectivity index (χ4n) is 1.95. The number of hydrogen-bond acceptors (Lipinski definition) is 1. The molecule has 0 spiro atoms. The van der Waals surface area contributed by atoms with Crippen LogP contribution in [-0.2, 0) is 6.42 Å². The summed E-state index contributed by atoms with van der Waals surface area (Å²) >= 11 is 0. The van der Waals surface area contributed by atoms with Crippen LogP contribution in [0.3, 0.4) is 0 Å². The number of anilines is 1. The zero-order valence-corrected chi connectivity index (χ0v) is 10.5. The highest BCUT2D eigenvalue weighted by atomic mass is 14.9. The maximum Gasteiger partial charge on any atom is 0.0342 e. The molecule has 1 heteroatoms. The maximum atomic E-state index is 3.52. The van der Waals surface area contributed by atoms with Gasteiger partial charge in [-0.15, -0.1) is 0 Å². The lowest BCUT2D eigenvalue weighted by atomic mass is 10.1. The zero-order chi connectivity index (χ0) is 12.1. The summed E-state index contributed by atoms with van der Waals surface area (Å²) in [6.07, 6.45) is 1.05. The molecule has 0 aliphatic rings. The molecule has 0 saturated heterocycles. The lowest BCUT2D eigenvalue weighted by Crippen LogP contribution is -2.17. The van der Waals surface area contributed by atoms with Gasteiger partial charge >= 0.3 is 0 Å². The molecule has 0 aliphatic carbocycles. The van der Waals surface area contributed by atoms with Crippen LogP contribution in [0.2, 0.25) is 0 Å². The van der Waals surface area contributed by atoms with E-state index >= 15 is 0 Å². The van der Waals surface area contributed by atoms with Gasteiger partial charge in [0, 0.05) is 11.7 Å².